The van der Waals surface area contributed by atoms with Crippen LogP contribution in [0.1, 0.15) is 24.2 Å². The summed E-state index contributed by atoms with van der Waals surface area (Å²) in [5, 5.41) is 2.59. The number of hydrogen-bond acceptors (Lipinski definition) is 3. The molecule has 2 amide bonds. The normalized spacial score (nSPS) is 12.2. The van der Waals surface area contributed by atoms with Crippen LogP contribution in [0.3, 0.4) is 0 Å². The monoisotopic (exact) mass is 221 g/mol. The Morgan fingerprint density at radius 3 is 2.31 bits per heavy atom. The van der Waals surface area contributed by atoms with Crippen LogP contribution in [0, 0.1) is 5.92 Å². The molecule has 0 saturated carbocycles. The van der Waals surface area contributed by atoms with Crippen molar-refractivity contribution in [3.05, 3.63) is 30.1 Å². The predicted octanol–water partition coefficient (Wildman–Crippen LogP) is 0.321. The standard InChI is InChI=1S/C11H15N3O2/c1-7(2)9(10(12)15)14-11(16)8-3-5-13-6-4-8/h3-7,9H,1-2H3,(H2,12,15)(H,14,16)/t9-/m0/s1. The number of aromatic nitrogens is 1. The van der Waals surface area contributed by atoms with Crippen molar-refractivity contribution in [2.75, 3.05) is 0 Å². The molecule has 3 N–H and O–H groups in total. The molecule has 1 heterocycles. The third kappa shape index (κ3) is 3.05. The van der Waals surface area contributed by atoms with Crippen LogP contribution in [-0.2, 0) is 4.79 Å². The highest BCUT2D eigenvalue weighted by Gasteiger charge is 2.21. The predicted molar refractivity (Wildman–Crippen MR) is 59.5 cm³/mol. The molecule has 1 rings (SSSR count). The third-order valence-electron chi connectivity index (χ3n) is 2.20. The number of carbonyl (C=O) groups is 2. The summed E-state index contributed by atoms with van der Waals surface area (Å²) in [5.74, 6) is -0.888. The zero-order valence-corrected chi connectivity index (χ0v) is 9.31. The van der Waals surface area contributed by atoms with Crippen molar-refractivity contribution in [2.45, 2.75) is 19.9 Å². The smallest absolute Gasteiger partial charge is 0.252 e. The van der Waals surface area contributed by atoms with E-state index in [2.05, 4.69) is 10.3 Å². The highest BCUT2D eigenvalue weighted by Crippen LogP contribution is 2.03. The number of nitrogens with two attached hydrogens (primary N) is 1. The Kier molecular flexibility index (Phi) is 3.99. The van der Waals surface area contributed by atoms with E-state index in [0.29, 0.717) is 5.56 Å². The molecule has 1 aromatic heterocycles. The largest absolute Gasteiger partial charge is 0.368 e. The highest BCUT2D eigenvalue weighted by molar-refractivity contribution is 5.97. The first-order valence-corrected chi connectivity index (χ1v) is 5.02. The van der Waals surface area contributed by atoms with Gasteiger partial charge in [0.25, 0.3) is 5.91 Å². The van der Waals surface area contributed by atoms with Crippen molar-refractivity contribution in [1.82, 2.24) is 10.3 Å². The maximum absolute atomic E-state index is 11.7. The molecule has 0 bridgehead atoms. The molecule has 5 heteroatoms. The quantitative estimate of drug-likeness (QED) is 0.767. The fraction of sp³-hybridized carbons (Fsp3) is 0.364. The van der Waals surface area contributed by atoms with Crippen molar-refractivity contribution in [3.63, 3.8) is 0 Å². The SMILES string of the molecule is CC(C)[C@H](NC(=O)c1ccncc1)C(N)=O. The lowest BCUT2D eigenvalue weighted by molar-refractivity contribution is -0.120. The minimum absolute atomic E-state index is 0.0386. The number of nitrogens with one attached hydrogen (secondary N) is 1. The fourth-order valence-corrected chi connectivity index (χ4v) is 1.29. The van der Waals surface area contributed by atoms with E-state index in [1.807, 2.05) is 13.8 Å². The average molecular weight is 221 g/mol. The van der Waals surface area contributed by atoms with Gasteiger partial charge in [0.2, 0.25) is 5.91 Å². The molecule has 86 valence electrons. The maximum atomic E-state index is 11.7. The molecule has 16 heavy (non-hydrogen) atoms. The van der Waals surface area contributed by atoms with Gasteiger partial charge >= 0.3 is 0 Å². The van der Waals surface area contributed by atoms with Gasteiger partial charge in [-0.3, -0.25) is 14.6 Å². The number of amides is 2. The van der Waals surface area contributed by atoms with Crippen molar-refractivity contribution in [3.8, 4) is 0 Å². The zero-order chi connectivity index (χ0) is 12.1. The highest BCUT2D eigenvalue weighted by atomic mass is 16.2. The second-order valence-electron chi connectivity index (χ2n) is 3.83. The molecule has 0 saturated heterocycles. The average Bonchev–Trinajstić information content (AvgIpc) is 2.25. The summed E-state index contributed by atoms with van der Waals surface area (Å²) in [6.07, 6.45) is 3.03. The fourth-order valence-electron chi connectivity index (χ4n) is 1.29. The zero-order valence-electron chi connectivity index (χ0n) is 9.31. The van der Waals surface area contributed by atoms with Crippen molar-refractivity contribution < 1.29 is 9.59 Å². The molecule has 0 fully saturated rings. The lowest BCUT2D eigenvalue weighted by Crippen LogP contribution is -2.47. The molecule has 1 atom stereocenters. The Bertz CT molecular complexity index is 376. The second-order valence-corrected chi connectivity index (χ2v) is 3.83. The molecule has 0 unspecified atom stereocenters. The van der Waals surface area contributed by atoms with Crippen LogP contribution >= 0.6 is 0 Å². The summed E-state index contributed by atoms with van der Waals surface area (Å²) in [6.45, 7) is 3.64. The molecule has 0 spiro atoms. The molecule has 0 aliphatic heterocycles. The van der Waals surface area contributed by atoms with E-state index >= 15 is 0 Å². The van der Waals surface area contributed by atoms with Gasteiger partial charge in [-0.15, -0.1) is 0 Å². The van der Waals surface area contributed by atoms with Gasteiger partial charge in [0.15, 0.2) is 0 Å². The van der Waals surface area contributed by atoms with Crippen LogP contribution in [0.4, 0.5) is 0 Å². The topological polar surface area (TPSA) is 85.1 Å². The summed E-state index contributed by atoms with van der Waals surface area (Å²) >= 11 is 0. The van der Waals surface area contributed by atoms with Gasteiger partial charge in [-0.1, -0.05) is 13.8 Å². The third-order valence-corrected chi connectivity index (χ3v) is 2.20. The minimum atomic E-state index is -0.652. The number of nitrogens with zero attached hydrogens (tertiary/aromatic N) is 1. The van der Waals surface area contributed by atoms with E-state index in [-0.39, 0.29) is 11.8 Å². The number of rotatable bonds is 4. The lowest BCUT2D eigenvalue weighted by atomic mass is 10.0. The van der Waals surface area contributed by atoms with Gasteiger partial charge in [0.05, 0.1) is 0 Å². The van der Waals surface area contributed by atoms with Gasteiger partial charge < -0.3 is 11.1 Å². The van der Waals surface area contributed by atoms with Crippen LogP contribution in [0.5, 0.6) is 0 Å². The molecular formula is C11H15N3O2. The van der Waals surface area contributed by atoms with Crippen LogP contribution in [0.2, 0.25) is 0 Å². The van der Waals surface area contributed by atoms with Gasteiger partial charge in [-0.25, -0.2) is 0 Å². The summed E-state index contributed by atoms with van der Waals surface area (Å²) in [7, 11) is 0. The summed E-state index contributed by atoms with van der Waals surface area (Å²) in [6, 6.07) is 2.50. The maximum Gasteiger partial charge on any atom is 0.252 e. The van der Waals surface area contributed by atoms with E-state index in [1.165, 1.54) is 12.4 Å². The van der Waals surface area contributed by atoms with E-state index in [4.69, 9.17) is 5.73 Å². The summed E-state index contributed by atoms with van der Waals surface area (Å²) in [4.78, 5) is 26.6. The Balaban J connectivity index is 2.74. The first kappa shape index (κ1) is 12.2. The Labute approximate surface area is 94.1 Å². The number of carbonyl (C=O) groups excluding carboxylic acids is 2. The molecule has 5 nitrogen and oxygen atoms in total. The molecule has 0 aliphatic rings. The molecule has 0 aromatic carbocycles. The summed E-state index contributed by atoms with van der Waals surface area (Å²) in [5.41, 5.74) is 5.66. The van der Waals surface area contributed by atoms with Crippen LogP contribution in [0.25, 0.3) is 0 Å². The van der Waals surface area contributed by atoms with Crippen molar-refractivity contribution in [1.29, 1.82) is 0 Å². The second kappa shape index (κ2) is 5.25. The van der Waals surface area contributed by atoms with Gasteiger partial charge in [-0.2, -0.15) is 0 Å². The minimum Gasteiger partial charge on any atom is -0.368 e. The van der Waals surface area contributed by atoms with Gasteiger partial charge in [-0.05, 0) is 18.1 Å². The molecule has 0 aliphatic carbocycles. The van der Waals surface area contributed by atoms with E-state index in [1.54, 1.807) is 12.1 Å². The van der Waals surface area contributed by atoms with E-state index < -0.39 is 11.9 Å². The Morgan fingerprint density at radius 1 is 1.31 bits per heavy atom. The molecule has 1 aromatic rings. The van der Waals surface area contributed by atoms with E-state index in [9.17, 15) is 9.59 Å². The first-order chi connectivity index (χ1) is 7.52. The number of primary amides is 1. The Hall–Kier alpha value is -1.91. The summed E-state index contributed by atoms with van der Waals surface area (Å²) < 4.78 is 0. The van der Waals surface area contributed by atoms with Gasteiger partial charge in [0, 0.05) is 18.0 Å². The van der Waals surface area contributed by atoms with E-state index in [0.717, 1.165) is 0 Å². The van der Waals surface area contributed by atoms with Gasteiger partial charge in [0.1, 0.15) is 6.04 Å². The first-order valence-electron chi connectivity index (χ1n) is 5.02. The Morgan fingerprint density at radius 2 is 1.88 bits per heavy atom. The number of hydrogen-bond donors (Lipinski definition) is 2. The van der Waals surface area contributed by atoms with Crippen molar-refractivity contribution in [2.24, 2.45) is 11.7 Å². The van der Waals surface area contributed by atoms with Crippen LogP contribution in [-0.4, -0.2) is 22.8 Å². The molecule has 0 radical (unpaired) electrons. The van der Waals surface area contributed by atoms with Crippen LogP contribution in [0.15, 0.2) is 24.5 Å². The van der Waals surface area contributed by atoms with Crippen molar-refractivity contribution >= 4 is 11.8 Å². The van der Waals surface area contributed by atoms with Crippen LogP contribution < -0.4 is 11.1 Å². The number of pyridine rings is 1. The molecular weight excluding hydrogens is 206 g/mol. The lowest BCUT2D eigenvalue weighted by Gasteiger charge is -2.18.